The summed E-state index contributed by atoms with van der Waals surface area (Å²) in [5, 5.41) is 9.45. The van der Waals surface area contributed by atoms with Gasteiger partial charge in [0.25, 0.3) is 0 Å². The number of carbonyl (C=O) groups excluding carboxylic acids is 1. The molecule has 0 aliphatic carbocycles. The van der Waals surface area contributed by atoms with Gasteiger partial charge in [-0.05, 0) is 44.0 Å². The number of benzene rings is 2. The van der Waals surface area contributed by atoms with Gasteiger partial charge in [-0.25, -0.2) is 0 Å². The zero-order valence-electron chi connectivity index (χ0n) is 14.3. The molecule has 0 fully saturated rings. The molecule has 0 atom stereocenters. The molecule has 0 saturated carbocycles. The molecule has 0 radical (unpaired) electrons. The Hall–Kier alpha value is -2.11. The van der Waals surface area contributed by atoms with E-state index in [2.05, 4.69) is 10.2 Å². The molecule has 4 nitrogen and oxygen atoms in total. The van der Waals surface area contributed by atoms with Gasteiger partial charge < -0.3 is 0 Å². The molecule has 1 aromatic heterocycles. The standard InChI is InChI=1S/C19H18ClN3OS/c1-12-4-7-16(14(3)8-12)18(24)10-25-19-22-21-11-23(19)15-6-5-13(2)17(20)9-15/h4-9,11H,10H2,1-3H3. The minimum Gasteiger partial charge on any atom is -0.293 e. The molecule has 0 spiro atoms. The van der Waals surface area contributed by atoms with Gasteiger partial charge in [0, 0.05) is 10.6 Å². The monoisotopic (exact) mass is 371 g/mol. The molecule has 3 aromatic rings. The van der Waals surface area contributed by atoms with E-state index in [-0.39, 0.29) is 5.78 Å². The Labute approximate surface area is 156 Å². The van der Waals surface area contributed by atoms with Crippen LogP contribution in [0.3, 0.4) is 0 Å². The number of nitrogens with zero attached hydrogens (tertiary/aromatic N) is 3. The lowest BCUT2D eigenvalue weighted by molar-refractivity contribution is 0.102. The summed E-state index contributed by atoms with van der Waals surface area (Å²) >= 11 is 7.58. The highest BCUT2D eigenvalue weighted by Gasteiger charge is 2.13. The van der Waals surface area contributed by atoms with Crippen molar-refractivity contribution in [2.75, 3.05) is 5.75 Å². The minimum atomic E-state index is 0.0824. The summed E-state index contributed by atoms with van der Waals surface area (Å²) in [5.41, 5.74) is 4.79. The summed E-state index contributed by atoms with van der Waals surface area (Å²) in [7, 11) is 0. The topological polar surface area (TPSA) is 47.8 Å². The van der Waals surface area contributed by atoms with Crippen molar-refractivity contribution >= 4 is 29.1 Å². The zero-order chi connectivity index (χ0) is 18.0. The first-order chi connectivity index (χ1) is 12.0. The van der Waals surface area contributed by atoms with E-state index in [1.54, 1.807) is 6.33 Å². The number of hydrogen-bond acceptors (Lipinski definition) is 4. The fourth-order valence-electron chi connectivity index (χ4n) is 2.57. The number of Topliss-reactive ketones (excluding diaryl/α,β-unsaturated/α-hetero) is 1. The van der Waals surface area contributed by atoms with Crippen LogP contribution >= 0.6 is 23.4 Å². The normalized spacial score (nSPS) is 10.9. The van der Waals surface area contributed by atoms with Crippen molar-refractivity contribution < 1.29 is 4.79 Å². The molecule has 0 unspecified atom stereocenters. The van der Waals surface area contributed by atoms with Crippen molar-refractivity contribution in [3.63, 3.8) is 0 Å². The molecular formula is C19H18ClN3OS. The van der Waals surface area contributed by atoms with Gasteiger partial charge in [0.2, 0.25) is 0 Å². The largest absolute Gasteiger partial charge is 0.293 e. The van der Waals surface area contributed by atoms with Crippen molar-refractivity contribution in [1.29, 1.82) is 0 Å². The van der Waals surface area contributed by atoms with Crippen molar-refractivity contribution in [3.8, 4) is 5.69 Å². The summed E-state index contributed by atoms with van der Waals surface area (Å²) in [4.78, 5) is 12.5. The van der Waals surface area contributed by atoms with Gasteiger partial charge in [-0.2, -0.15) is 0 Å². The van der Waals surface area contributed by atoms with E-state index in [0.29, 0.717) is 15.9 Å². The van der Waals surface area contributed by atoms with E-state index in [1.807, 2.05) is 61.7 Å². The second-order valence-corrected chi connectivity index (χ2v) is 7.30. The highest BCUT2D eigenvalue weighted by Crippen LogP contribution is 2.24. The first kappa shape index (κ1) is 17.7. The number of hydrogen-bond donors (Lipinski definition) is 0. The summed E-state index contributed by atoms with van der Waals surface area (Å²) in [6, 6.07) is 11.7. The van der Waals surface area contributed by atoms with Crippen molar-refractivity contribution in [2.24, 2.45) is 0 Å². The molecule has 3 rings (SSSR count). The van der Waals surface area contributed by atoms with Crippen LogP contribution in [0.15, 0.2) is 47.9 Å². The molecule has 0 bridgehead atoms. The van der Waals surface area contributed by atoms with E-state index in [4.69, 9.17) is 11.6 Å². The molecule has 6 heteroatoms. The summed E-state index contributed by atoms with van der Waals surface area (Å²) in [5.74, 6) is 0.390. The Balaban J connectivity index is 1.77. The zero-order valence-corrected chi connectivity index (χ0v) is 15.9. The van der Waals surface area contributed by atoms with Gasteiger partial charge in [-0.3, -0.25) is 9.36 Å². The van der Waals surface area contributed by atoms with Crippen LogP contribution in [-0.2, 0) is 0 Å². The van der Waals surface area contributed by atoms with E-state index in [9.17, 15) is 4.79 Å². The van der Waals surface area contributed by atoms with Crippen LogP contribution in [0.4, 0.5) is 0 Å². The number of aryl methyl sites for hydroxylation is 3. The average Bonchev–Trinajstić information content (AvgIpc) is 3.03. The molecule has 0 saturated heterocycles. The van der Waals surface area contributed by atoms with Crippen LogP contribution < -0.4 is 0 Å². The maximum Gasteiger partial charge on any atom is 0.196 e. The predicted octanol–water partition coefficient (Wildman–Crippen LogP) is 4.82. The molecule has 2 aromatic carbocycles. The Kier molecular flexibility index (Phi) is 5.25. The number of ketones is 1. The number of carbonyl (C=O) groups is 1. The van der Waals surface area contributed by atoms with Crippen molar-refractivity contribution in [3.05, 3.63) is 70.0 Å². The minimum absolute atomic E-state index is 0.0824. The second-order valence-electron chi connectivity index (χ2n) is 5.95. The molecule has 0 aliphatic rings. The lowest BCUT2D eigenvalue weighted by Gasteiger charge is -2.08. The quantitative estimate of drug-likeness (QED) is 0.476. The Morgan fingerprint density at radius 3 is 2.64 bits per heavy atom. The Morgan fingerprint density at radius 2 is 1.92 bits per heavy atom. The predicted molar refractivity (Wildman–Crippen MR) is 102 cm³/mol. The molecule has 0 N–H and O–H groups in total. The highest BCUT2D eigenvalue weighted by atomic mass is 35.5. The first-order valence-electron chi connectivity index (χ1n) is 7.85. The fourth-order valence-corrected chi connectivity index (χ4v) is 3.55. The van der Waals surface area contributed by atoms with Crippen LogP contribution in [-0.4, -0.2) is 26.3 Å². The number of halogens is 1. The molecule has 0 aliphatic heterocycles. The molecule has 1 heterocycles. The summed E-state index contributed by atoms with van der Waals surface area (Å²) in [6.07, 6.45) is 1.63. The fraction of sp³-hybridized carbons (Fsp3) is 0.211. The van der Waals surface area contributed by atoms with Crippen LogP contribution in [0, 0.1) is 20.8 Å². The number of rotatable bonds is 5. The van der Waals surface area contributed by atoms with Crippen molar-refractivity contribution in [1.82, 2.24) is 14.8 Å². The maximum atomic E-state index is 12.5. The van der Waals surface area contributed by atoms with Gasteiger partial charge in [-0.15, -0.1) is 10.2 Å². The molecular weight excluding hydrogens is 354 g/mol. The lowest BCUT2D eigenvalue weighted by Crippen LogP contribution is -2.06. The maximum absolute atomic E-state index is 12.5. The Morgan fingerprint density at radius 1 is 1.12 bits per heavy atom. The van der Waals surface area contributed by atoms with E-state index >= 15 is 0 Å². The van der Waals surface area contributed by atoms with E-state index < -0.39 is 0 Å². The third kappa shape index (κ3) is 3.94. The van der Waals surface area contributed by atoms with Gasteiger partial charge in [0.1, 0.15) is 6.33 Å². The number of aromatic nitrogens is 3. The van der Waals surface area contributed by atoms with E-state index in [1.165, 1.54) is 11.8 Å². The first-order valence-corrected chi connectivity index (χ1v) is 9.22. The molecule has 128 valence electrons. The highest BCUT2D eigenvalue weighted by molar-refractivity contribution is 7.99. The van der Waals surface area contributed by atoms with Crippen LogP contribution in [0.2, 0.25) is 5.02 Å². The second kappa shape index (κ2) is 7.42. The SMILES string of the molecule is Cc1ccc(C(=O)CSc2nncn2-c2ccc(C)c(Cl)c2)c(C)c1. The van der Waals surface area contributed by atoms with Gasteiger partial charge >= 0.3 is 0 Å². The number of thioether (sulfide) groups is 1. The van der Waals surface area contributed by atoms with Gasteiger partial charge in [0.05, 0.1) is 11.4 Å². The Bertz CT molecular complexity index is 936. The van der Waals surface area contributed by atoms with Crippen LogP contribution in [0.1, 0.15) is 27.0 Å². The molecule has 0 amide bonds. The smallest absolute Gasteiger partial charge is 0.196 e. The average molecular weight is 372 g/mol. The van der Waals surface area contributed by atoms with Gasteiger partial charge in [0.15, 0.2) is 10.9 Å². The third-order valence-corrected chi connectivity index (χ3v) is 5.32. The molecule has 25 heavy (non-hydrogen) atoms. The van der Waals surface area contributed by atoms with Crippen molar-refractivity contribution in [2.45, 2.75) is 25.9 Å². The lowest BCUT2D eigenvalue weighted by atomic mass is 10.0. The van der Waals surface area contributed by atoms with Crippen LogP contribution in [0.25, 0.3) is 5.69 Å². The summed E-state index contributed by atoms with van der Waals surface area (Å²) in [6.45, 7) is 5.93. The third-order valence-electron chi connectivity index (χ3n) is 3.96. The van der Waals surface area contributed by atoms with E-state index in [0.717, 1.165) is 27.9 Å². The van der Waals surface area contributed by atoms with Crippen LogP contribution in [0.5, 0.6) is 0 Å². The summed E-state index contributed by atoms with van der Waals surface area (Å²) < 4.78 is 1.84. The van der Waals surface area contributed by atoms with Gasteiger partial charge in [-0.1, -0.05) is 53.2 Å².